The van der Waals surface area contributed by atoms with E-state index in [1.54, 1.807) is 30.3 Å². The first kappa shape index (κ1) is 21.6. The summed E-state index contributed by atoms with van der Waals surface area (Å²) in [6, 6.07) is 9.18. The highest BCUT2D eigenvalue weighted by molar-refractivity contribution is 7.90. The second-order valence-electron chi connectivity index (χ2n) is 7.09. The third kappa shape index (κ3) is 4.25. The summed E-state index contributed by atoms with van der Waals surface area (Å²) in [7, 11) is -1.93. The average molecular weight is 432 g/mol. The van der Waals surface area contributed by atoms with Crippen LogP contribution in [-0.4, -0.2) is 50.9 Å². The molecule has 9 heteroatoms. The molecule has 160 valence electrons. The number of hydrogen-bond acceptors (Lipinski definition) is 6. The fourth-order valence-electron chi connectivity index (χ4n) is 3.66. The third-order valence-electron chi connectivity index (χ3n) is 4.94. The summed E-state index contributed by atoms with van der Waals surface area (Å²) in [6.45, 7) is 2.39. The van der Waals surface area contributed by atoms with E-state index in [0.717, 1.165) is 6.26 Å². The van der Waals surface area contributed by atoms with E-state index in [4.69, 9.17) is 15.2 Å². The van der Waals surface area contributed by atoms with Gasteiger partial charge in [-0.05, 0) is 36.2 Å². The molecule has 30 heavy (non-hydrogen) atoms. The molecule has 8 nitrogen and oxygen atoms in total. The van der Waals surface area contributed by atoms with Gasteiger partial charge in [0.1, 0.15) is 9.84 Å². The third-order valence-corrected chi connectivity index (χ3v) is 5.86. The van der Waals surface area contributed by atoms with Crippen LogP contribution in [0.1, 0.15) is 44.8 Å². The molecule has 2 amide bonds. The number of nitrogens with zero attached hydrogens (tertiary/aromatic N) is 1. The molecule has 0 fully saturated rings. The van der Waals surface area contributed by atoms with Crippen molar-refractivity contribution in [2.75, 3.05) is 25.7 Å². The molecule has 3 rings (SSSR count). The Morgan fingerprint density at radius 3 is 2.57 bits per heavy atom. The second kappa shape index (κ2) is 8.35. The zero-order valence-electron chi connectivity index (χ0n) is 17.0. The first-order valence-corrected chi connectivity index (χ1v) is 11.4. The van der Waals surface area contributed by atoms with Crippen LogP contribution in [0.2, 0.25) is 0 Å². The van der Waals surface area contributed by atoms with E-state index < -0.39 is 27.7 Å². The number of primary amides is 1. The van der Waals surface area contributed by atoms with Gasteiger partial charge in [0.05, 0.1) is 36.6 Å². The number of carbonyl (C=O) groups is 2. The van der Waals surface area contributed by atoms with E-state index in [9.17, 15) is 18.0 Å². The molecular weight excluding hydrogens is 408 g/mol. The minimum absolute atomic E-state index is 0.128. The van der Waals surface area contributed by atoms with Gasteiger partial charge in [0.15, 0.2) is 11.5 Å². The normalized spacial score (nSPS) is 14.4. The summed E-state index contributed by atoms with van der Waals surface area (Å²) >= 11 is 0. The van der Waals surface area contributed by atoms with Crippen molar-refractivity contribution >= 4 is 21.7 Å². The van der Waals surface area contributed by atoms with E-state index in [0.29, 0.717) is 29.2 Å². The maximum atomic E-state index is 13.2. The Balaban J connectivity index is 2.08. The quantitative estimate of drug-likeness (QED) is 0.681. The van der Waals surface area contributed by atoms with Crippen molar-refractivity contribution in [1.82, 2.24) is 4.90 Å². The highest BCUT2D eigenvalue weighted by atomic mass is 32.2. The van der Waals surface area contributed by atoms with Crippen molar-refractivity contribution in [3.63, 3.8) is 0 Å². The van der Waals surface area contributed by atoms with Gasteiger partial charge in [-0.1, -0.05) is 18.2 Å². The Hall–Kier alpha value is -3.07. The van der Waals surface area contributed by atoms with Crippen LogP contribution in [0.3, 0.4) is 0 Å². The maximum absolute atomic E-state index is 13.2. The summed E-state index contributed by atoms with van der Waals surface area (Å²) in [4.78, 5) is 26.5. The van der Waals surface area contributed by atoms with Gasteiger partial charge in [-0.2, -0.15) is 0 Å². The van der Waals surface area contributed by atoms with Crippen molar-refractivity contribution in [2.24, 2.45) is 5.73 Å². The van der Waals surface area contributed by atoms with Crippen molar-refractivity contribution in [3.05, 3.63) is 58.7 Å². The largest absolute Gasteiger partial charge is 0.493 e. The molecule has 1 atom stereocenters. The zero-order chi connectivity index (χ0) is 22.1. The van der Waals surface area contributed by atoms with E-state index >= 15 is 0 Å². The lowest BCUT2D eigenvalue weighted by Gasteiger charge is -2.28. The van der Waals surface area contributed by atoms with Crippen molar-refractivity contribution < 1.29 is 27.5 Å². The van der Waals surface area contributed by atoms with Crippen LogP contribution < -0.4 is 15.2 Å². The molecule has 1 aliphatic rings. The van der Waals surface area contributed by atoms with Gasteiger partial charge in [-0.15, -0.1) is 0 Å². The highest BCUT2D eigenvalue weighted by Crippen LogP contribution is 2.37. The van der Waals surface area contributed by atoms with E-state index in [1.165, 1.54) is 18.1 Å². The lowest BCUT2D eigenvalue weighted by molar-refractivity contribution is 0.0714. The van der Waals surface area contributed by atoms with Crippen molar-refractivity contribution in [1.29, 1.82) is 0 Å². The first-order chi connectivity index (χ1) is 14.2. The van der Waals surface area contributed by atoms with Gasteiger partial charge in [0.25, 0.3) is 5.91 Å². The van der Waals surface area contributed by atoms with Crippen LogP contribution in [0, 0.1) is 0 Å². The van der Waals surface area contributed by atoms with Gasteiger partial charge in [-0.3, -0.25) is 9.59 Å². The summed E-state index contributed by atoms with van der Waals surface area (Å²) in [5.74, 6) is -0.452. The number of carbonyl (C=O) groups excluding carboxylic acids is 2. The molecule has 1 unspecified atom stereocenters. The lowest BCUT2D eigenvalue weighted by atomic mass is 10.0. The average Bonchev–Trinajstić information content (AvgIpc) is 3.02. The van der Waals surface area contributed by atoms with Crippen LogP contribution in [0.15, 0.2) is 36.4 Å². The number of rotatable bonds is 8. The summed E-state index contributed by atoms with van der Waals surface area (Å²) in [5.41, 5.74) is 7.01. The van der Waals surface area contributed by atoms with Gasteiger partial charge in [0, 0.05) is 12.8 Å². The van der Waals surface area contributed by atoms with Crippen LogP contribution >= 0.6 is 0 Å². The van der Waals surface area contributed by atoms with Crippen molar-refractivity contribution in [3.8, 4) is 11.5 Å². The van der Waals surface area contributed by atoms with Gasteiger partial charge >= 0.3 is 0 Å². The monoisotopic (exact) mass is 432 g/mol. The van der Waals surface area contributed by atoms with E-state index in [1.807, 2.05) is 6.92 Å². The molecule has 2 aromatic carbocycles. The Kier molecular flexibility index (Phi) is 6.02. The molecule has 0 aromatic heterocycles. The molecule has 0 radical (unpaired) electrons. The fourth-order valence-corrected chi connectivity index (χ4v) is 4.61. The van der Waals surface area contributed by atoms with Crippen molar-refractivity contribution in [2.45, 2.75) is 19.5 Å². The predicted octanol–water partition coefficient (Wildman–Crippen LogP) is 1.93. The predicted molar refractivity (Wildman–Crippen MR) is 111 cm³/mol. The standard InChI is InChI=1S/C21H24N2O6S/c1-4-29-18-10-13(8-9-17(18)28-2)16(12-30(3,26)27)23-11-14-6-5-7-15(20(22)24)19(14)21(23)25/h5-10,16H,4,11-12H2,1-3H3,(H2,22,24). The zero-order valence-corrected chi connectivity index (χ0v) is 17.9. The molecule has 0 saturated carbocycles. The van der Waals surface area contributed by atoms with E-state index in [2.05, 4.69) is 0 Å². The minimum atomic E-state index is -3.44. The minimum Gasteiger partial charge on any atom is -0.493 e. The Morgan fingerprint density at radius 2 is 1.97 bits per heavy atom. The molecular formula is C21H24N2O6S. The number of amides is 2. The van der Waals surface area contributed by atoms with Crippen LogP contribution in [-0.2, 0) is 16.4 Å². The molecule has 2 aromatic rings. The maximum Gasteiger partial charge on any atom is 0.255 e. The molecule has 0 spiro atoms. The Labute approximate surface area is 175 Å². The lowest BCUT2D eigenvalue weighted by Crippen LogP contribution is -2.34. The second-order valence-corrected chi connectivity index (χ2v) is 9.27. The smallest absolute Gasteiger partial charge is 0.255 e. The molecule has 0 bridgehead atoms. The number of ether oxygens (including phenoxy) is 2. The summed E-state index contributed by atoms with van der Waals surface area (Å²) in [6.07, 6.45) is 1.12. The number of benzene rings is 2. The molecule has 1 heterocycles. The van der Waals surface area contributed by atoms with Crippen LogP contribution in [0.25, 0.3) is 0 Å². The Bertz CT molecular complexity index is 1100. The number of hydrogen-bond donors (Lipinski definition) is 1. The number of fused-ring (bicyclic) bond motifs is 1. The van der Waals surface area contributed by atoms with Gasteiger partial charge in [-0.25, -0.2) is 8.42 Å². The number of sulfone groups is 1. The summed E-state index contributed by atoms with van der Waals surface area (Å²) < 4.78 is 35.3. The van der Waals surface area contributed by atoms with Gasteiger partial charge < -0.3 is 20.1 Å². The number of methoxy groups -OCH3 is 1. The molecule has 0 saturated heterocycles. The highest BCUT2D eigenvalue weighted by Gasteiger charge is 2.37. The molecule has 0 aliphatic carbocycles. The molecule has 2 N–H and O–H groups in total. The molecule has 1 aliphatic heterocycles. The SMILES string of the molecule is CCOc1cc(C(CS(C)(=O)=O)N2Cc3cccc(C(N)=O)c3C2=O)ccc1OC. The summed E-state index contributed by atoms with van der Waals surface area (Å²) in [5, 5.41) is 0. The fraction of sp³-hybridized carbons (Fsp3) is 0.333. The first-order valence-electron chi connectivity index (χ1n) is 9.37. The van der Waals surface area contributed by atoms with Gasteiger partial charge in [0.2, 0.25) is 5.91 Å². The van der Waals surface area contributed by atoms with E-state index in [-0.39, 0.29) is 23.4 Å². The van der Waals surface area contributed by atoms with Crippen LogP contribution in [0.4, 0.5) is 0 Å². The van der Waals surface area contributed by atoms with Crippen LogP contribution in [0.5, 0.6) is 11.5 Å². The number of nitrogens with two attached hydrogens (primary N) is 1. The Morgan fingerprint density at radius 1 is 1.23 bits per heavy atom. The topological polar surface area (TPSA) is 116 Å².